The van der Waals surface area contributed by atoms with Crippen LogP contribution in [-0.4, -0.2) is 36.9 Å². The molecule has 4 rings (SSSR count). The highest BCUT2D eigenvalue weighted by Crippen LogP contribution is 2.34. The number of nitrogens with zero attached hydrogens (tertiary/aromatic N) is 2. The predicted octanol–water partition coefficient (Wildman–Crippen LogP) is 4.92. The van der Waals surface area contributed by atoms with Gasteiger partial charge in [-0.25, -0.2) is 18.1 Å². The van der Waals surface area contributed by atoms with E-state index in [0.29, 0.717) is 34.0 Å². The number of anilines is 1. The Labute approximate surface area is 203 Å². The molecule has 7 nitrogen and oxygen atoms in total. The summed E-state index contributed by atoms with van der Waals surface area (Å²) in [5.74, 6) is -1.13. The van der Waals surface area contributed by atoms with Gasteiger partial charge in [0, 0.05) is 22.7 Å². The van der Waals surface area contributed by atoms with E-state index < -0.39 is 44.1 Å². The molecule has 0 spiro atoms. The van der Waals surface area contributed by atoms with Crippen molar-refractivity contribution in [2.75, 3.05) is 4.90 Å². The number of carbonyl (C=O) groups excluding carboxylic acids is 2. The first-order valence-corrected chi connectivity index (χ1v) is 12.0. The van der Waals surface area contributed by atoms with Gasteiger partial charge < -0.3 is 5.32 Å². The first kappa shape index (κ1) is 24.7. The Kier molecular flexibility index (Phi) is 6.32. The van der Waals surface area contributed by atoms with Gasteiger partial charge in [-0.1, -0.05) is 36.7 Å². The summed E-state index contributed by atoms with van der Waals surface area (Å²) >= 11 is 6.25. The summed E-state index contributed by atoms with van der Waals surface area (Å²) in [6.07, 6.45) is 1.56. The maximum atomic E-state index is 13.1. The van der Waals surface area contributed by atoms with E-state index in [1.807, 2.05) is 6.07 Å². The van der Waals surface area contributed by atoms with E-state index >= 15 is 0 Å². The molecule has 3 aromatic rings. The SMILES string of the molecule is CC(c1ccnc(-c2ccccc2Cl)c1)C1NC(=O)N(c2ccc(S(=O)(=O)C(F)(F)F)cc2)C1=O. The van der Waals surface area contributed by atoms with E-state index in [4.69, 9.17) is 11.6 Å². The van der Waals surface area contributed by atoms with E-state index in [1.54, 1.807) is 43.5 Å². The van der Waals surface area contributed by atoms with Gasteiger partial charge in [-0.15, -0.1) is 0 Å². The fraction of sp³-hybridized carbons (Fsp3) is 0.174. The summed E-state index contributed by atoms with van der Waals surface area (Å²) in [4.78, 5) is 29.8. The highest BCUT2D eigenvalue weighted by atomic mass is 35.5. The molecule has 2 unspecified atom stereocenters. The molecule has 1 saturated heterocycles. The van der Waals surface area contributed by atoms with Crippen LogP contribution in [0.1, 0.15) is 18.4 Å². The van der Waals surface area contributed by atoms with E-state index in [1.165, 1.54) is 0 Å². The zero-order valence-electron chi connectivity index (χ0n) is 18.0. The highest BCUT2D eigenvalue weighted by molar-refractivity contribution is 7.92. The number of urea groups is 1. The predicted molar refractivity (Wildman–Crippen MR) is 123 cm³/mol. The van der Waals surface area contributed by atoms with Crippen LogP contribution in [0.15, 0.2) is 71.8 Å². The summed E-state index contributed by atoms with van der Waals surface area (Å²) in [5.41, 5.74) is -3.56. The van der Waals surface area contributed by atoms with Crippen LogP contribution < -0.4 is 10.2 Å². The Bertz CT molecular complexity index is 1410. The third-order valence-electron chi connectivity index (χ3n) is 5.64. The monoisotopic (exact) mass is 523 g/mol. The molecular weight excluding hydrogens is 507 g/mol. The Balaban J connectivity index is 1.59. The van der Waals surface area contributed by atoms with Crippen LogP contribution in [0.5, 0.6) is 0 Å². The van der Waals surface area contributed by atoms with E-state index in [-0.39, 0.29) is 5.69 Å². The lowest BCUT2D eigenvalue weighted by molar-refractivity contribution is -0.118. The van der Waals surface area contributed by atoms with Crippen molar-refractivity contribution in [3.63, 3.8) is 0 Å². The number of nitrogens with one attached hydrogen (secondary N) is 1. The number of aromatic nitrogens is 1. The minimum atomic E-state index is -5.55. The molecule has 2 aromatic carbocycles. The van der Waals surface area contributed by atoms with Gasteiger partial charge in [-0.2, -0.15) is 13.2 Å². The number of hydrogen-bond acceptors (Lipinski definition) is 5. The second-order valence-electron chi connectivity index (χ2n) is 7.79. The fourth-order valence-corrected chi connectivity index (χ4v) is 4.72. The number of rotatable bonds is 5. The number of sulfone groups is 1. The summed E-state index contributed by atoms with van der Waals surface area (Å²) in [7, 11) is -5.55. The molecule has 1 aliphatic heterocycles. The van der Waals surface area contributed by atoms with Gasteiger partial charge >= 0.3 is 11.5 Å². The lowest BCUT2D eigenvalue weighted by Crippen LogP contribution is -2.35. The average Bonchev–Trinajstić information content (AvgIpc) is 3.12. The van der Waals surface area contributed by atoms with Crippen LogP contribution in [0.3, 0.4) is 0 Å². The van der Waals surface area contributed by atoms with Crippen LogP contribution in [0, 0.1) is 0 Å². The van der Waals surface area contributed by atoms with Crippen molar-refractivity contribution in [3.05, 3.63) is 77.4 Å². The first-order valence-electron chi connectivity index (χ1n) is 10.2. The topological polar surface area (TPSA) is 96.4 Å². The van der Waals surface area contributed by atoms with Crippen molar-refractivity contribution in [2.24, 2.45) is 0 Å². The minimum absolute atomic E-state index is 0.0604. The normalized spacial score (nSPS) is 17.4. The summed E-state index contributed by atoms with van der Waals surface area (Å²) in [6, 6.07) is 12.2. The van der Waals surface area contributed by atoms with Gasteiger partial charge in [0.25, 0.3) is 15.7 Å². The molecule has 1 N–H and O–H groups in total. The molecule has 35 heavy (non-hydrogen) atoms. The summed E-state index contributed by atoms with van der Waals surface area (Å²) in [5, 5.41) is 3.08. The van der Waals surface area contributed by atoms with Gasteiger partial charge in [0.05, 0.1) is 16.3 Å². The zero-order valence-corrected chi connectivity index (χ0v) is 19.5. The summed E-state index contributed by atoms with van der Waals surface area (Å²) < 4.78 is 61.5. The van der Waals surface area contributed by atoms with Gasteiger partial charge in [0.1, 0.15) is 6.04 Å². The molecular formula is C23H17ClF3N3O4S. The number of imide groups is 1. The molecule has 1 aliphatic rings. The average molecular weight is 524 g/mol. The molecule has 0 radical (unpaired) electrons. The molecule has 0 bridgehead atoms. The molecule has 12 heteroatoms. The van der Waals surface area contributed by atoms with Crippen LogP contribution in [-0.2, 0) is 14.6 Å². The number of pyridine rings is 1. The van der Waals surface area contributed by atoms with Gasteiger partial charge in [-0.05, 0) is 48.0 Å². The highest BCUT2D eigenvalue weighted by Gasteiger charge is 2.47. The third kappa shape index (κ3) is 4.48. The summed E-state index contributed by atoms with van der Waals surface area (Å²) in [6.45, 7) is 1.73. The van der Waals surface area contributed by atoms with Crippen LogP contribution in [0.25, 0.3) is 11.3 Å². The Morgan fingerprint density at radius 2 is 1.71 bits per heavy atom. The third-order valence-corrected chi connectivity index (χ3v) is 7.47. The lowest BCUT2D eigenvalue weighted by Gasteiger charge is -2.19. The van der Waals surface area contributed by atoms with Gasteiger partial charge in [0.15, 0.2) is 0 Å². The molecule has 0 saturated carbocycles. The minimum Gasteiger partial charge on any atom is -0.325 e. The second-order valence-corrected chi connectivity index (χ2v) is 10.1. The largest absolute Gasteiger partial charge is 0.501 e. The Hall–Kier alpha value is -3.44. The van der Waals surface area contributed by atoms with Crippen molar-refractivity contribution in [2.45, 2.75) is 29.3 Å². The maximum absolute atomic E-state index is 13.1. The lowest BCUT2D eigenvalue weighted by atomic mass is 9.92. The first-order chi connectivity index (χ1) is 16.4. The zero-order chi connectivity index (χ0) is 25.5. The smallest absolute Gasteiger partial charge is 0.325 e. The molecule has 3 amide bonds. The molecule has 2 atom stereocenters. The van der Waals surface area contributed by atoms with Gasteiger partial charge in [-0.3, -0.25) is 9.78 Å². The Morgan fingerprint density at radius 3 is 2.34 bits per heavy atom. The molecule has 2 heterocycles. The number of benzene rings is 2. The second kappa shape index (κ2) is 8.97. The molecule has 1 fully saturated rings. The fourth-order valence-electron chi connectivity index (χ4n) is 3.73. The number of hydrogen-bond donors (Lipinski definition) is 1. The van der Waals surface area contributed by atoms with Crippen molar-refractivity contribution in [1.29, 1.82) is 0 Å². The van der Waals surface area contributed by atoms with Crippen molar-refractivity contribution < 1.29 is 31.2 Å². The molecule has 0 aliphatic carbocycles. The van der Waals surface area contributed by atoms with Crippen LogP contribution in [0.4, 0.5) is 23.7 Å². The van der Waals surface area contributed by atoms with Crippen LogP contribution >= 0.6 is 11.6 Å². The molecule has 182 valence electrons. The van der Waals surface area contributed by atoms with E-state index in [2.05, 4.69) is 10.3 Å². The van der Waals surface area contributed by atoms with Crippen molar-refractivity contribution in [3.8, 4) is 11.3 Å². The quantitative estimate of drug-likeness (QED) is 0.479. The van der Waals surface area contributed by atoms with Crippen LogP contribution in [0.2, 0.25) is 5.02 Å². The van der Waals surface area contributed by atoms with E-state index in [9.17, 15) is 31.2 Å². The Morgan fingerprint density at radius 1 is 1.06 bits per heavy atom. The molecule has 1 aromatic heterocycles. The van der Waals surface area contributed by atoms with E-state index in [0.717, 1.165) is 17.0 Å². The van der Waals surface area contributed by atoms with Crippen molar-refractivity contribution in [1.82, 2.24) is 10.3 Å². The standard InChI is InChI=1S/C23H17ClF3N3O4S/c1-13(14-10-11-28-19(12-14)17-4-2-3-5-18(17)24)20-21(31)30(22(32)29-20)15-6-8-16(9-7-15)35(33,34)23(25,26)27/h2-13,20H,1H3,(H,29,32). The van der Waals surface area contributed by atoms with Gasteiger partial charge in [0.2, 0.25) is 0 Å². The number of alkyl halides is 3. The maximum Gasteiger partial charge on any atom is 0.501 e. The van der Waals surface area contributed by atoms with Crippen molar-refractivity contribution >= 4 is 39.1 Å². The number of halogens is 4. The number of amides is 3. The number of carbonyl (C=O) groups is 2.